The summed E-state index contributed by atoms with van der Waals surface area (Å²) in [5.41, 5.74) is 7.82. The lowest BCUT2D eigenvalue weighted by molar-refractivity contribution is 0.266. The first kappa shape index (κ1) is 11.7. The third-order valence-electron chi connectivity index (χ3n) is 2.63. The molecular weight excluding hydrogens is 214 g/mol. The summed E-state index contributed by atoms with van der Waals surface area (Å²) in [6.07, 6.45) is 0. The fourth-order valence-corrected chi connectivity index (χ4v) is 1.72. The van der Waals surface area contributed by atoms with Gasteiger partial charge in [0.2, 0.25) is 0 Å². The van der Waals surface area contributed by atoms with Gasteiger partial charge in [0.15, 0.2) is 0 Å². The van der Waals surface area contributed by atoms with Crippen molar-refractivity contribution in [1.82, 2.24) is 0 Å². The predicted octanol–water partition coefficient (Wildman–Crippen LogP) is 2.93. The van der Waals surface area contributed by atoms with Crippen molar-refractivity contribution in [3.63, 3.8) is 0 Å². The number of benzene rings is 1. The highest BCUT2D eigenvalue weighted by molar-refractivity contribution is 5.27. The maximum atomic E-state index is 5.65. The average molecular weight is 231 g/mol. The van der Waals surface area contributed by atoms with Gasteiger partial charge in [-0.05, 0) is 43.2 Å². The van der Waals surface area contributed by atoms with Gasteiger partial charge in [-0.2, -0.15) is 0 Å². The summed E-state index contributed by atoms with van der Waals surface area (Å²) in [4.78, 5) is 0. The van der Waals surface area contributed by atoms with Crippen LogP contribution in [0, 0.1) is 13.8 Å². The van der Waals surface area contributed by atoms with Crippen LogP contribution in [0.3, 0.4) is 0 Å². The smallest absolute Gasteiger partial charge is 0.146 e. The lowest BCUT2D eigenvalue weighted by Crippen LogP contribution is -1.96. The standard InChI is InChI=1S/C14H17NO2/c1-10-4-3-5-12(6-10)16-9-13-7-11(2)14(8-15)17-13/h3-7H,8-9,15H2,1-2H3. The molecule has 2 rings (SSSR count). The van der Waals surface area contributed by atoms with Gasteiger partial charge in [0, 0.05) is 0 Å². The van der Waals surface area contributed by atoms with Crippen molar-refractivity contribution in [1.29, 1.82) is 0 Å². The molecule has 0 aliphatic heterocycles. The van der Waals surface area contributed by atoms with Crippen molar-refractivity contribution in [2.24, 2.45) is 5.73 Å². The zero-order valence-electron chi connectivity index (χ0n) is 10.2. The van der Waals surface area contributed by atoms with E-state index in [-0.39, 0.29) is 0 Å². The number of aryl methyl sites for hydroxylation is 2. The highest BCUT2D eigenvalue weighted by Crippen LogP contribution is 2.18. The fourth-order valence-electron chi connectivity index (χ4n) is 1.72. The first-order valence-corrected chi connectivity index (χ1v) is 5.67. The summed E-state index contributed by atoms with van der Waals surface area (Å²) in [5, 5.41) is 0. The molecule has 3 heteroatoms. The molecule has 2 N–H and O–H groups in total. The van der Waals surface area contributed by atoms with E-state index in [1.165, 1.54) is 5.56 Å². The molecule has 90 valence electrons. The van der Waals surface area contributed by atoms with Crippen LogP contribution in [0.5, 0.6) is 5.75 Å². The number of nitrogens with two attached hydrogens (primary N) is 1. The van der Waals surface area contributed by atoms with E-state index >= 15 is 0 Å². The molecule has 0 aliphatic carbocycles. The summed E-state index contributed by atoms with van der Waals surface area (Å²) in [6.45, 7) is 4.89. The summed E-state index contributed by atoms with van der Waals surface area (Å²) >= 11 is 0. The molecule has 0 unspecified atom stereocenters. The maximum absolute atomic E-state index is 5.65. The second-order valence-electron chi connectivity index (χ2n) is 4.13. The zero-order chi connectivity index (χ0) is 12.3. The molecule has 3 nitrogen and oxygen atoms in total. The Morgan fingerprint density at radius 2 is 2.06 bits per heavy atom. The van der Waals surface area contributed by atoms with Crippen molar-refractivity contribution < 1.29 is 9.15 Å². The van der Waals surface area contributed by atoms with Crippen molar-refractivity contribution in [3.05, 3.63) is 53.0 Å². The van der Waals surface area contributed by atoms with Crippen molar-refractivity contribution in [2.75, 3.05) is 0 Å². The molecule has 0 saturated heterocycles. The third-order valence-corrected chi connectivity index (χ3v) is 2.63. The molecule has 0 saturated carbocycles. The van der Waals surface area contributed by atoms with Crippen LogP contribution in [0.2, 0.25) is 0 Å². The molecule has 1 aromatic heterocycles. The van der Waals surface area contributed by atoms with Gasteiger partial charge >= 0.3 is 0 Å². The van der Waals surface area contributed by atoms with Crippen molar-refractivity contribution in [3.8, 4) is 5.75 Å². The Labute approximate surface area is 101 Å². The van der Waals surface area contributed by atoms with Crippen LogP contribution in [-0.4, -0.2) is 0 Å². The van der Waals surface area contributed by atoms with Gasteiger partial charge in [-0.1, -0.05) is 12.1 Å². The fraction of sp³-hybridized carbons (Fsp3) is 0.286. The molecule has 0 aliphatic rings. The van der Waals surface area contributed by atoms with Crippen LogP contribution in [-0.2, 0) is 13.2 Å². The number of ether oxygens (including phenoxy) is 1. The quantitative estimate of drug-likeness (QED) is 0.880. The molecular formula is C14H17NO2. The Balaban J connectivity index is 2.02. The Morgan fingerprint density at radius 1 is 1.24 bits per heavy atom. The maximum Gasteiger partial charge on any atom is 0.146 e. The van der Waals surface area contributed by atoms with Crippen LogP contribution in [0.25, 0.3) is 0 Å². The Kier molecular flexibility index (Phi) is 3.49. The minimum atomic E-state index is 0.427. The molecule has 17 heavy (non-hydrogen) atoms. The largest absolute Gasteiger partial charge is 0.486 e. The van der Waals surface area contributed by atoms with E-state index in [0.29, 0.717) is 13.2 Å². The molecule has 2 aromatic rings. The molecule has 0 radical (unpaired) electrons. The van der Waals surface area contributed by atoms with Crippen LogP contribution in [0.4, 0.5) is 0 Å². The van der Waals surface area contributed by atoms with Crippen LogP contribution < -0.4 is 10.5 Å². The predicted molar refractivity (Wildman–Crippen MR) is 66.8 cm³/mol. The SMILES string of the molecule is Cc1cccc(OCc2cc(C)c(CN)o2)c1. The zero-order valence-corrected chi connectivity index (χ0v) is 10.2. The molecule has 0 bridgehead atoms. The highest BCUT2D eigenvalue weighted by atomic mass is 16.5. The monoisotopic (exact) mass is 231 g/mol. The van der Waals surface area contributed by atoms with Crippen LogP contribution >= 0.6 is 0 Å². The molecule has 0 fully saturated rings. The summed E-state index contributed by atoms with van der Waals surface area (Å²) in [7, 11) is 0. The van der Waals surface area contributed by atoms with E-state index in [0.717, 1.165) is 22.8 Å². The van der Waals surface area contributed by atoms with E-state index in [9.17, 15) is 0 Å². The normalized spacial score (nSPS) is 10.5. The van der Waals surface area contributed by atoms with Gasteiger partial charge in [0.1, 0.15) is 23.9 Å². The number of rotatable bonds is 4. The molecule has 0 amide bonds. The lowest BCUT2D eigenvalue weighted by atomic mass is 10.2. The van der Waals surface area contributed by atoms with E-state index in [2.05, 4.69) is 0 Å². The van der Waals surface area contributed by atoms with E-state index in [1.54, 1.807) is 0 Å². The van der Waals surface area contributed by atoms with Gasteiger partial charge in [-0.3, -0.25) is 0 Å². The van der Waals surface area contributed by atoms with E-state index < -0.39 is 0 Å². The van der Waals surface area contributed by atoms with Gasteiger partial charge in [0.25, 0.3) is 0 Å². The third kappa shape index (κ3) is 2.88. The minimum Gasteiger partial charge on any atom is -0.486 e. The molecule has 1 heterocycles. The summed E-state index contributed by atoms with van der Waals surface area (Å²) < 4.78 is 11.2. The van der Waals surface area contributed by atoms with Crippen molar-refractivity contribution in [2.45, 2.75) is 27.0 Å². The number of furan rings is 1. The summed E-state index contributed by atoms with van der Waals surface area (Å²) in [6, 6.07) is 9.92. The Bertz CT molecular complexity index is 503. The Hall–Kier alpha value is -1.74. The summed E-state index contributed by atoms with van der Waals surface area (Å²) in [5.74, 6) is 2.49. The topological polar surface area (TPSA) is 48.4 Å². The Morgan fingerprint density at radius 3 is 2.71 bits per heavy atom. The average Bonchev–Trinajstić information content (AvgIpc) is 2.67. The second kappa shape index (κ2) is 5.06. The molecule has 0 atom stereocenters. The van der Waals surface area contributed by atoms with Crippen molar-refractivity contribution >= 4 is 0 Å². The first-order valence-electron chi connectivity index (χ1n) is 5.67. The van der Waals surface area contributed by atoms with Gasteiger partial charge < -0.3 is 14.9 Å². The highest BCUT2D eigenvalue weighted by Gasteiger charge is 2.06. The second-order valence-corrected chi connectivity index (χ2v) is 4.13. The van der Waals surface area contributed by atoms with Crippen LogP contribution in [0.15, 0.2) is 34.7 Å². The van der Waals surface area contributed by atoms with Crippen LogP contribution in [0.1, 0.15) is 22.6 Å². The molecule has 0 spiro atoms. The van der Waals surface area contributed by atoms with Gasteiger partial charge in [-0.25, -0.2) is 0 Å². The van der Waals surface area contributed by atoms with E-state index in [1.807, 2.05) is 44.2 Å². The van der Waals surface area contributed by atoms with Gasteiger partial charge in [-0.15, -0.1) is 0 Å². The minimum absolute atomic E-state index is 0.427. The van der Waals surface area contributed by atoms with E-state index in [4.69, 9.17) is 14.9 Å². The molecule has 1 aromatic carbocycles. The number of hydrogen-bond donors (Lipinski definition) is 1. The lowest BCUT2D eigenvalue weighted by Gasteiger charge is -2.04. The van der Waals surface area contributed by atoms with Gasteiger partial charge in [0.05, 0.1) is 6.54 Å². The number of hydrogen-bond acceptors (Lipinski definition) is 3. The first-order chi connectivity index (χ1) is 8.19.